The number of anilines is 1. The highest BCUT2D eigenvalue weighted by Crippen LogP contribution is 2.27. The van der Waals surface area contributed by atoms with E-state index in [9.17, 15) is 9.90 Å². The van der Waals surface area contributed by atoms with Crippen LogP contribution in [-0.2, 0) is 5.75 Å². The molecule has 0 spiro atoms. The quantitative estimate of drug-likeness (QED) is 0.802. The van der Waals surface area contributed by atoms with E-state index in [1.165, 1.54) is 16.4 Å². The van der Waals surface area contributed by atoms with Gasteiger partial charge in [-0.05, 0) is 10.3 Å². The Bertz CT molecular complexity index is 710. The third kappa shape index (κ3) is 2.71. The van der Waals surface area contributed by atoms with Crippen molar-refractivity contribution in [3.8, 4) is 5.82 Å². The Morgan fingerprint density at radius 2 is 2.38 bits per heavy atom. The van der Waals surface area contributed by atoms with Crippen LogP contribution in [0.4, 0.5) is 5.82 Å². The number of thioether (sulfide) groups is 2. The Morgan fingerprint density at radius 1 is 1.52 bits per heavy atom. The largest absolute Gasteiger partial charge is 0.476 e. The van der Waals surface area contributed by atoms with Gasteiger partial charge in [-0.15, -0.1) is 5.10 Å². The van der Waals surface area contributed by atoms with Crippen molar-refractivity contribution in [2.45, 2.75) is 5.75 Å². The fourth-order valence-electron chi connectivity index (χ4n) is 1.64. The van der Waals surface area contributed by atoms with Crippen LogP contribution in [0.3, 0.4) is 0 Å². The smallest absolute Gasteiger partial charge is 0.358 e. The molecule has 0 radical (unpaired) electrons. The minimum Gasteiger partial charge on any atom is -0.476 e. The Hall–Kier alpha value is -2.08. The highest BCUT2D eigenvalue weighted by molar-refractivity contribution is 8.38. The number of rotatable bonds is 4. The van der Waals surface area contributed by atoms with Gasteiger partial charge in [0.1, 0.15) is 4.38 Å². The van der Waals surface area contributed by atoms with Crippen molar-refractivity contribution >= 4 is 39.7 Å². The van der Waals surface area contributed by atoms with E-state index in [2.05, 4.69) is 30.2 Å². The number of aliphatic imine (C=N–C) groups is 1. The number of nitrogen functional groups attached to an aromatic ring is 1. The van der Waals surface area contributed by atoms with E-state index >= 15 is 0 Å². The van der Waals surface area contributed by atoms with E-state index in [1.807, 2.05) is 0 Å². The molecule has 0 aromatic carbocycles. The number of hydrogen-bond acceptors (Lipinski definition) is 10. The van der Waals surface area contributed by atoms with Gasteiger partial charge in [0, 0.05) is 11.5 Å². The molecule has 0 bridgehead atoms. The van der Waals surface area contributed by atoms with Crippen molar-refractivity contribution in [1.82, 2.24) is 25.3 Å². The number of nitrogens with two attached hydrogens (primary N) is 1. The molecule has 2 aromatic rings. The number of hydrogen-bond donors (Lipinski definition) is 2. The number of aromatic nitrogens is 5. The van der Waals surface area contributed by atoms with Crippen LogP contribution in [0.25, 0.3) is 5.82 Å². The molecule has 12 heteroatoms. The summed E-state index contributed by atoms with van der Waals surface area (Å²) in [7, 11) is 0. The lowest BCUT2D eigenvalue weighted by atomic mass is 10.3. The zero-order chi connectivity index (χ0) is 14.8. The zero-order valence-electron chi connectivity index (χ0n) is 10.5. The molecule has 0 unspecified atom stereocenters. The molecule has 0 amide bonds. The van der Waals surface area contributed by atoms with Crippen molar-refractivity contribution < 1.29 is 14.5 Å². The number of aromatic carboxylic acids is 1. The Morgan fingerprint density at radius 3 is 3.00 bits per heavy atom. The van der Waals surface area contributed by atoms with E-state index < -0.39 is 5.97 Å². The van der Waals surface area contributed by atoms with E-state index in [0.29, 0.717) is 11.4 Å². The Kier molecular flexibility index (Phi) is 3.79. The zero-order valence-corrected chi connectivity index (χ0v) is 12.1. The third-order valence-corrected chi connectivity index (χ3v) is 4.82. The molecular weight excluding hydrogens is 318 g/mol. The minimum absolute atomic E-state index is 0.00988. The van der Waals surface area contributed by atoms with Gasteiger partial charge in [0.15, 0.2) is 5.69 Å². The summed E-state index contributed by atoms with van der Waals surface area (Å²) < 4.78 is 6.64. The van der Waals surface area contributed by atoms with Crippen molar-refractivity contribution in [2.75, 3.05) is 18.0 Å². The van der Waals surface area contributed by atoms with E-state index in [4.69, 9.17) is 5.73 Å². The van der Waals surface area contributed by atoms with Gasteiger partial charge in [0.25, 0.3) is 0 Å². The summed E-state index contributed by atoms with van der Waals surface area (Å²) >= 11 is 3.05. The summed E-state index contributed by atoms with van der Waals surface area (Å²) in [6.45, 7) is 0.774. The fourth-order valence-corrected chi connectivity index (χ4v) is 3.64. The number of carboxylic acids is 1. The van der Waals surface area contributed by atoms with Gasteiger partial charge in [0.05, 0.1) is 12.2 Å². The highest BCUT2D eigenvalue weighted by atomic mass is 32.2. The molecule has 3 N–H and O–H groups in total. The normalized spacial score (nSPS) is 14.4. The van der Waals surface area contributed by atoms with Gasteiger partial charge in [-0.2, -0.15) is 4.68 Å². The van der Waals surface area contributed by atoms with Gasteiger partial charge >= 0.3 is 5.97 Å². The predicted octanol–water partition coefficient (Wildman–Crippen LogP) is 0.267. The monoisotopic (exact) mass is 327 g/mol. The molecule has 1 aliphatic rings. The third-order valence-electron chi connectivity index (χ3n) is 2.55. The number of carbonyl (C=O) groups is 1. The average molecular weight is 327 g/mol. The van der Waals surface area contributed by atoms with Crippen LogP contribution < -0.4 is 5.73 Å². The second-order valence-corrected chi connectivity index (χ2v) is 6.17. The van der Waals surface area contributed by atoms with Gasteiger partial charge in [-0.1, -0.05) is 28.7 Å². The second kappa shape index (κ2) is 5.73. The Balaban J connectivity index is 1.93. The molecule has 21 heavy (non-hydrogen) atoms. The van der Waals surface area contributed by atoms with Crippen LogP contribution in [0.15, 0.2) is 9.62 Å². The van der Waals surface area contributed by atoms with Crippen molar-refractivity contribution in [1.29, 1.82) is 0 Å². The second-order valence-electron chi connectivity index (χ2n) is 3.86. The van der Waals surface area contributed by atoms with E-state index in [-0.39, 0.29) is 17.3 Å². The van der Waals surface area contributed by atoms with Crippen LogP contribution in [-0.4, -0.2) is 53.1 Å². The average Bonchev–Trinajstić information content (AvgIpc) is 3.15. The fraction of sp³-hybridized carbons (Fsp3) is 0.333. The van der Waals surface area contributed by atoms with Crippen LogP contribution in [0, 0.1) is 0 Å². The molecule has 3 heterocycles. The molecule has 1 aliphatic heterocycles. The maximum Gasteiger partial charge on any atom is 0.358 e. The first-order chi connectivity index (χ1) is 10.2. The van der Waals surface area contributed by atoms with Gasteiger partial charge < -0.3 is 10.8 Å². The standard InChI is InChI=1S/C9H9N7O3S2/c10-6-7(14-19-13-6)16-4(5(8(17)18)12-15-16)3-21-9-11-1-2-20-9/h1-3H2,(H2,10,13)(H,17,18). The molecule has 0 atom stereocenters. The lowest BCUT2D eigenvalue weighted by Gasteiger charge is -2.03. The maximum absolute atomic E-state index is 11.2. The number of carboxylic acid groups (broad SMARTS) is 1. The van der Waals surface area contributed by atoms with Crippen molar-refractivity contribution in [3.05, 3.63) is 11.4 Å². The summed E-state index contributed by atoms with van der Waals surface area (Å²) in [5.74, 6) is 0.216. The molecule has 10 nitrogen and oxygen atoms in total. The summed E-state index contributed by atoms with van der Waals surface area (Å²) in [6, 6.07) is 0. The van der Waals surface area contributed by atoms with E-state index in [0.717, 1.165) is 16.7 Å². The molecule has 110 valence electrons. The van der Waals surface area contributed by atoms with Gasteiger partial charge in [-0.3, -0.25) is 4.99 Å². The van der Waals surface area contributed by atoms with E-state index in [1.54, 1.807) is 11.8 Å². The highest BCUT2D eigenvalue weighted by Gasteiger charge is 2.24. The first-order valence-corrected chi connectivity index (χ1v) is 7.70. The summed E-state index contributed by atoms with van der Waals surface area (Å²) in [6.07, 6.45) is 0. The molecule has 3 rings (SSSR count). The molecule has 0 aliphatic carbocycles. The summed E-state index contributed by atoms with van der Waals surface area (Å²) in [5.41, 5.74) is 5.80. The molecule has 0 fully saturated rings. The number of nitrogens with zero attached hydrogens (tertiary/aromatic N) is 6. The van der Waals surface area contributed by atoms with Crippen LogP contribution in [0.5, 0.6) is 0 Å². The van der Waals surface area contributed by atoms with Crippen LogP contribution >= 0.6 is 23.5 Å². The topological polar surface area (TPSA) is 145 Å². The molecule has 0 saturated carbocycles. The molecule has 2 aromatic heterocycles. The van der Waals surface area contributed by atoms with Crippen molar-refractivity contribution in [3.63, 3.8) is 0 Å². The van der Waals surface area contributed by atoms with Crippen molar-refractivity contribution in [2.24, 2.45) is 4.99 Å². The SMILES string of the molecule is Nc1nonc1-n1nnc(C(=O)O)c1CSC1=NCCS1. The first kappa shape index (κ1) is 13.9. The predicted molar refractivity (Wildman–Crippen MR) is 76.6 cm³/mol. The van der Waals surface area contributed by atoms with Gasteiger partial charge in [-0.25, -0.2) is 9.42 Å². The molecular formula is C9H9N7O3S2. The molecule has 0 saturated heterocycles. The van der Waals surface area contributed by atoms with Gasteiger partial charge in [0.2, 0.25) is 11.6 Å². The minimum atomic E-state index is -1.17. The Labute approximate surface area is 126 Å². The summed E-state index contributed by atoms with van der Waals surface area (Å²) in [5, 5.41) is 23.7. The first-order valence-electron chi connectivity index (χ1n) is 5.73. The lowest BCUT2D eigenvalue weighted by Crippen LogP contribution is -2.08. The summed E-state index contributed by atoms with van der Waals surface area (Å²) in [4.78, 5) is 15.5. The van der Waals surface area contributed by atoms with Crippen LogP contribution in [0.1, 0.15) is 16.2 Å². The van der Waals surface area contributed by atoms with Crippen LogP contribution in [0.2, 0.25) is 0 Å². The lowest BCUT2D eigenvalue weighted by molar-refractivity contribution is 0.0689. The maximum atomic E-state index is 11.2.